The molecule has 1 rings (SSSR count). The first-order chi connectivity index (χ1) is 8.11. The van der Waals surface area contributed by atoms with Gasteiger partial charge in [-0.2, -0.15) is 0 Å². The fourth-order valence-electron chi connectivity index (χ4n) is 2.57. The Morgan fingerprint density at radius 3 is 2.35 bits per heavy atom. The third kappa shape index (κ3) is 4.19. The predicted molar refractivity (Wildman–Crippen MR) is 78.2 cm³/mol. The molecule has 2 nitrogen and oxygen atoms in total. The molecule has 0 spiro atoms. The van der Waals surface area contributed by atoms with Gasteiger partial charge in [0, 0.05) is 30.9 Å². The minimum Gasteiger partial charge on any atom is -0.370 e. The molecule has 0 aromatic heterocycles. The van der Waals surface area contributed by atoms with Crippen LogP contribution < -0.4 is 0 Å². The number of hydrogen-bond acceptors (Lipinski definition) is 2. The Bertz CT molecular complexity index is 235. The maximum Gasteiger partial charge on any atom is 0.0417 e. The zero-order chi connectivity index (χ0) is 13.4. The molecular weight excluding hydrogens is 208 g/mol. The van der Waals surface area contributed by atoms with Crippen molar-refractivity contribution in [2.24, 2.45) is 0 Å². The molecule has 0 radical (unpaired) electrons. The van der Waals surface area contributed by atoms with E-state index in [0.29, 0.717) is 12.1 Å². The molecule has 0 N–H and O–H groups in total. The van der Waals surface area contributed by atoms with Crippen LogP contribution in [0.25, 0.3) is 0 Å². The van der Waals surface area contributed by atoms with Crippen LogP contribution in [0.1, 0.15) is 41.0 Å². The van der Waals surface area contributed by atoms with Gasteiger partial charge in [-0.3, -0.25) is 4.90 Å². The monoisotopic (exact) mass is 238 g/mol. The van der Waals surface area contributed by atoms with Crippen molar-refractivity contribution in [1.29, 1.82) is 0 Å². The molecule has 2 unspecified atom stereocenters. The maximum absolute atomic E-state index is 4.06. The van der Waals surface area contributed by atoms with E-state index in [1.54, 1.807) is 0 Å². The number of rotatable bonds is 4. The maximum atomic E-state index is 4.06. The summed E-state index contributed by atoms with van der Waals surface area (Å²) < 4.78 is 0. The topological polar surface area (TPSA) is 6.48 Å². The van der Waals surface area contributed by atoms with Gasteiger partial charge in [0.05, 0.1) is 0 Å². The largest absolute Gasteiger partial charge is 0.370 e. The standard InChI is InChI=1S/C13H24N2.C2H6/c1-6-8-13-12(5)15(11(3)4)10-9-14(13)7-2;1-2/h6,12-13H,1,3,7-10H2,2,4-5H3;1-2H3. The van der Waals surface area contributed by atoms with E-state index in [2.05, 4.69) is 43.7 Å². The van der Waals surface area contributed by atoms with Gasteiger partial charge in [0.1, 0.15) is 0 Å². The quantitative estimate of drug-likeness (QED) is 0.692. The highest BCUT2D eigenvalue weighted by Gasteiger charge is 2.31. The van der Waals surface area contributed by atoms with E-state index in [4.69, 9.17) is 0 Å². The first-order valence-electron chi connectivity index (χ1n) is 6.88. The van der Waals surface area contributed by atoms with E-state index in [9.17, 15) is 0 Å². The average molecular weight is 238 g/mol. The van der Waals surface area contributed by atoms with Crippen molar-refractivity contribution in [3.05, 3.63) is 24.9 Å². The Balaban J connectivity index is 0.00000121. The number of allylic oxidation sites excluding steroid dienone is 1. The number of piperazine rings is 1. The summed E-state index contributed by atoms with van der Waals surface area (Å²) in [5.74, 6) is 0. The van der Waals surface area contributed by atoms with Crippen LogP contribution in [-0.4, -0.2) is 41.5 Å². The van der Waals surface area contributed by atoms with Gasteiger partial charge in [-0.15, -0.1) is 6.58 Å². The fraction of sp³-hybridized carbons (Fsp3) is 0.733. The summed E-state index contributed by atoms with van der Waals surface area (Å²) in [4.78, 5) is 4.96. The molecule has 0 aliphatic carbocycles. The Labute approximate surface area is 108 Å². The van der Waals surface area contributed by atoms with Gasteiger partial charge in [-0.1, -0.05) is 33.4 Å². The van der Waals surface area contributed by atoms with Crippen molar-refractivity contribution >= 4 is 0 Å². The van der Waals surface area contributed by atoms with Crippen LogP contribution in [-0.2, 0) is 0 Å². The molecule has 100 valence electrons. The summed E-state index contributed by atoms with van der Waals surface area (Å²) in [6.07, 6.45) is 3.10. The number of likely N-dealkylation sites (N-methyl/N-ethyl adjacent to an activating group) is 1. The molecule has 1 saturated heterocycles. The third-order valence-corrected chi connectivity index (χ3v) is 3.45. The molecule has 1 fully saturated rings. The summed E-state index contributed by atoms with van der Waals surface area (Å²) in [5.41, 5.74) is 1.19. The van der Waals surface area contributed by atoms with Crippen LogP contribution in [0, 0.1) is 0 Å². The van der Waals surface area contributed by atoms with Crippen LogP contribution in [0.15, 0.2) is 24.9 Å². The Morgan fingerprint density at radius 2 is 1.94 bits per heavy atom. The molecule has 0 aromatic carbocycles. The summed E-state index contributed by atoms with van der Waals surface area (Å²) in [6.45, 7) is 21.9. The van der Waals surface area contributed by atoms with Crippen LogP contribution >= 0.6 is 0 Å². The predicted octanol–water partition coefficient (Wildman–Crippen LogP) is 3.52. The van der Waals surface area contributed by atoms with Gasteiger partial charge in [0.2, 0.25) is 0 Å². The van der Waals surface area contributed by atoms with Gasteiger partial charge < -0.3 is 4.90 Å². The summed E-state index contributed by atoms with van der Waals surface area (Å²) in [5, 5.41) is 0. The second kappa shape index (κ2) is 8.35. The molecule has 1 aliphatic heterocycles. The first-order valence-corrected chi connectivity index (χ1v) is 6.88. The van der Waals surface area contributed by atoms with Crippen molar-refractivity contribution in [1.82, 2.24) is 9.80 Å². The molecule has 17 heavy (non-hydrogen) atoms. The van der Waals surface area contributed by atoms with Crippen molar-refractivity contribution in [2.45, 2.75) is 53.1 Å². The third-order valence-electron chi connectivity index (χ3n) is 3.45. The molecule has 0 bridgehead atoms. The highest BCUT2D eigenvalue weighted by molar-refractivity contribution is 5.00. The summed E-state index contributed by atoms with van der Waals surface area (Å²) in [6, 6.07) is 1.15. The normalized spacial score (nSPS) is 24.9. The van der Waals surface area contributed by atoms with E-state index in [0.717, 1.165) is 26.1 Å². The van der Waals surface area contributed by atoms with Crippen molar-refractivity contribution < 1.29 is 0 Å². The van der Waals surface area contributed by atoms with E-state index in [1.807, 2.05) is 19.9 Å². The Morgan fingerprint density at radius 1 is 1.35 bits per heavy atom. The van der Waals surface area contributed by atoms with Crippen molar-refractivity contribution in [3.63, 3.8) is 0 Å². The highest BCUT2D eigenvalue weighted by Crippen LogP contribution is 2.22. The Hall–Kier alpha value is -0.760. The number of hydrogen-bond donors (Lipinski definition) is 0. The fourth-order valence-corrected chi connectivity index (χ4v) is 2.57. The molecule has 0 amide bonds. The lowest BCUT2D eigenvalue weighted by atomic mass is 9.99. The highest BCUT2D eigenvalue weighted by atomic mass is 15.3. The zero-order valence-electron chi connectivity index (χ0n) is 12.4. The van der Waals surface area contributed by atoms with E-state index in [-0.39, 0.29) is 0 Å². The molecule has 0 saturated carbocycles. The van der Waals surface area contributed by atoms with Gasteiger partial charge in [0.25, 0.3) is 0 Å². The molecule has 2 heteroatoms. The van der Waals surface area contributed by atoms with Crippen molar-refractivity contribution in [3.8, 4) is 0 Å². The van der Waals surface area contributed by atoms with E-state index in [1.165, 1.54) is 5.70 Å². The lowest BCUT2D eigenvalue weighted by Crippen LogP contribution is -2.57. The van der Waals surface area contributed by atoms with Gasteiger partial charge >= 0.3 is 0 Å². The summed E-state index contributed by atoms with van der Waals surface area (Å²) in [7, 11) is 0. The van der Waals surface area contributed by atoms with Gasteiger partial charge in [-0.05, 0) is 26.8 Å². The molecule has 0 aromatic rings. The van der Waals surface area contributed by atoms with Gasteiger partial charge in [0.15, 0.2) is 0 Å². The summed E-state index contributed by atoms with van der Waals surface area (Å²) >= 11 is 0. The average Bonchev–Trinajstić information content (AvgIpc) is 2.34. The van der Waals surface area contributed by atoms with Crippen LogP contribution in [0.4, 0.5) is 0 Å². The lowest BCUT2D eigenvalue weighted by Gasteiger charge is -2.47. The van der Waals surface area contributed by atoms with Crippen LogP contribution in [0.2, 0.25) is 0 Å². The van der Waals surface area contributed by atoms with Gasteiger partial charge in [-0.25, -0.2) is 0 Å². The molecule has 1 heterocycles. The van der Waals surface area contributed by atoms with E-state index < -0.39 is 0 Å². The van der Waals surface area contributed by atoms with E-state index >= 15 is 0 Å². The van der Waals surface area contributed by atoms with Crippen molar-refractivity contribution in [2.75, 3.05) is 19.6 Å². The zero-order valence-corrected chi connectivity index (χ0v) is 12.4. The van der Waals surface area contributed by atoms with Crippen LogP contribution in [0.5, 0.6) is 0 Å². The second-order valence-corrected chi connectivity index (χ2v) is 4.39. The smallest absolute Gasteiger partial charge is 0.0417 e. The second-order valence-electron chi connectivity index (χ2n) is 4.39. The minimum absolute atomic E-state index is 0.550. The van der Waals surface area contributed by atoms with Crippen LogP contribution in [0.3, 0.4) is 0 Å². The molecule has 1 aliphatic rings. The SMILES string of the molecule is C=CCC1C(C)N(C(=C)C)CCN1CC.CC. The lowest BCUT2D eigenvalue weighted by molar-refractivity contribution is 0.0536. The molecule has 2 atom stereocenters. The Kier molecular flexibility index (Phi) is 7.98. The first kappa shape index (κ1) is 16.2. The minimum atomic E-state index is 0.550. The number of nitrogens with zero attached hydrogens (tertiary/aromatic N) is 2. The molecular formula is C15H30N2.